The molecular formula is C23H21N7. The molecule has 2 aromatic carbocycles. The van der Waals surface area contributed by atoms with Crippen LogP contribution in [0.25, 0.3) is 27.9 Å². The number of fused-ring (bicyclic) bond motifs is 2. The first-order valence-electron chi connectivity index (χ1n) is 9.75. The summed E-state index contributed by atoms with van der Waals surface area (Å²) in [4.78, 5) is 15.7. The van der Waals surface area contributed by atoms with Crippen molar-refractivity contribution in [3.63, 3.8) is 0 Å². The fraction of sp³-hybridized carbons (Fsp3) is 0.130. The van der Waals surface area contributed by atoms with Gasteiger partial charge in [0, 0.05) is 37.7 Å². The predicted molar refractivity (Wildman–Crippen MR) is 120 cm³/mol. The zero-order valence-electron chi connectivity index (χ0n) is 16.8. The monoisotopic (exact) mass is 395 g/mol. The highest BCUT2D eigenvalue weighted by atomic mass is 15.3. The largest absolute Gasteiger partial charge is 0.366 e. The molecule has 0 bridgehead atoms. The second kappa shape index (κ2) is 7.44. The molecule has 7 nitrogen and oxygen atoms in total. The van der Waals surface area contributed by atoms with Crippen LogP contribution in [0.4, 0.5) is 11.6 Å². The zero-order chi connectivity index (χ0) is 20.5. The standard InChI is InChI=1S/C23H21N7/c1-29(2)22-12-17(18-10-6-7-11-19(18)27-22)14-24-21-13-20(16-8-4-3-5-9-16)28-23-25-15-26-30(21)23/h3-13,15,24H,14H2,1-2H3. The minimum absolute atomic E-state index is 0.562. The molecule has 0 aliphatic rings. The van der Waals surface area contributed by atoms with Crippen molar-refractivity contribution in [1.29, 1.82) is 0 Å². The summed E-state index contributed by atoms with van der Waals surface area (Å²) in [6, 6.07) is 22.4. The van der Waals surface area contributed by atoms with Gasteiger partial charge in [0.2, 0.25) is 0 Å². The summed E-state index contributed by atoms with van der Waals surface area (Å²) in [5, 5.41) is 8.99. The first-order chi connectivity index (χ1) is 14.7. The summed E-state index contributed by atoms with van der Waals surface area (Å²) in [6.45, 7) is 0.622. The molecule has 5 rings (SSSR count). The van der Waals surface area contributed by atoms with Gasteiger partial charge in [-0.1, -0.05) is 48.5 Å². The molecule has 148 valence electrons. The molecule has 0 saturated heterocycles. The van der Waals surface area contributed by atoms with Crippen molar-refractivity contribution < 1.29 is 0 Å². The van der Waals surface area contributed by atoms with Crippen molar-refractivity contribution in [1.82, 2.24) is 24.6 Å². The average molecular weight is 395 g/mol. The molecule has 7 heteroatoms. The molecule has 3 aromatic heterocycles. The molecule has 0 aliphatic heterocycles. The third-order valence-electron chi connectivity index (χ3n) is 5.03. The molecule has 0 spiro atoms. The summed E-state index contributed by atoms with van der Waals surface area (Å²) >= 11 is 0. The van der Waals surface area contributed by atoms with Gasteiger partial charge in [-0.15, -0.1) is 0 Å². The van der Waals surface area contributed by atoms with Gasteiger partial charge in [-0.2, -0.15) is 14.6 Å². The van der Waals surface area contributed by atoms with Crippen LogP contribution in [0.15, 0.2) is 73.1 Å². The van der Waals surface area contributed by atoms with Crippen molar-refractivity contribution in [2.75, 3.05) is 24.3 Å². The fourth-order valence-corrected chi connectivity index (χ4v) is 3.49. The highest BCUT2D eigenvalue weighted by Crippen LogP contribution is 2.25. The Kier molecular flexibility index (Phi) is 4.48. The third-order valence-corrected chi connectivity index (χ3v) is 5.03. The van der Waals surface area contributed by atoms with Crippen molar-refractivity contribution >= 4 is 28.3 Å². The third kappa shape index (κ3) is 3.30. The van der Waals surface area contributed by atoms with Gasteiger partial charge < -0.3 is 10.2 Å². The molecule has 0 atom stereocenters. The van der Waals surface area contributed by atoms with Crippen LogP contribution in [0.5, 0.6) is 0 Å². The Hall–Kier alpha value is -4.00. The molecular weight excluding hydrogens is 374 g/mol. The van der Waals surface area contributed by atoms with Gasteiger partial charge in [0.25, 0.3) is 5.78 Å². The van der Waals surface area contributed by atoms with Crippen LogP contribution >= 0.6 is 0 Å². The minimum atomic E-state index is 0.562. The Morgan fingerprint density at radius 2 is 1.73 bits per heavy atom. The molecule has 3 heterocycles. The topological polar surface area (TPSA) is 71.2 Å². The number of rotatable bonds is 5. The summed E-state index contributed by atoms with van der Waals surface area (Å²) in [6.07, 6.45) is 1.52. The highest BCUT2D eigenvalue weighted by molar-refractivity contribution is 5.84. The van der Waals surface area contributed by atoms with E-state index in [1.54, 1.807) is 4.52 Å². The zero-order valence-corrected chi connectivity index (χ0v) is 16.8. The van der Waals surface area contributed by atoms with Crippen LogP contribution in [0.1, 0.15) is 5.56 Å². The lowest BCUT2D eigenvalue weighted by atomic mass is 10.1. The molecule has 0 aliphatic carbocycles. The first kappa shape index (κ1) is 18.1. The lowest BCUT2D eigenvalue weighted by Crippen LogP contribution is -2.12. The van der Waals surface area contributed by atoms with E-state index in [9.17, 15) is 0 Å². The number of hydrogen-bond acceptors (Lipinski definition) is 6. The Bertz CT molecular complexity index is 1330. The van der Waals surface area contributed by atoms with Crippen LogP contribution in [0.2, 0.25) is 0 Å². The number of benzene rings is 2. The van der Waals surface area contributed by atoms with Crippen LogP contribution < -0.4 is 10.2 Å². The van der Waals surface area contributed by atoms with Gasteiger partial charge in [0.1, 0.15) is 18.0 Å². The second-order valence-corrected chi connectivity index (χ2v) is 7.27. The summed E-state index contributed by atoms with van der Waals surface area (Å²) in [5.41, 5.74) is 4.03. The molecule has 0 amide bonds. The number of nitrogens with one attached hydrogen (secondary N) is 1. The van der Waals surface area contributed by atoms with Gasteiger partial charge in [-0.25, -0.2) is 9.97 Å². The smallest absolute Gasteiger partial charge is 0.254 e. The van der Waals surface area contributed by atoms with E-state index in [4.69, 9.17) is 4.98 Å². The number of aromatic nitrogens is 5. The van der Waals surface area contributed by atoms with Gasteiger partial charge in [0.15, 0.2) is 0 Å². The number of para-hydroxylation sites is 1. The number of nitrogens with zero attached hydrogens (tertiary/aromatic N) is 6. The first-order valence-corrected chi connectivity index (χ1v) is 9.75. The number of hydrogen-bond donors (Lipinski definition) is 1. The van der Waals surface area contributed by atoms with E-state index >= 15 is 0 Å². The van der Waals surface area contributed by atoms with Crippen molar-refractivity contribution in [3.8, 4) is 11.3 Å². The van der Waals surface area contributed by atoms with Gasteiger partial charge in [0.05, 0.1) is 11.2 Å². The molecule has 5 aromatic rings. The molecule has 0 radical (unpaired) electrons. The van der Waals surface area contributed by atoms with Crippen molar-refractivity contribution in [3.05, 3.63) is 78.6 Å². The predicted octanol–water partition coefficient (Wildman–Crippen LogP) is 4.02. The van der Waals surface area contributed by atoms with E-state index in [1.165, 1.54) is 6.33 Å². The molecule has 30 heavy (non-hydrogen) atoms. The van der Waals surface area contributed by atoms with E-state index in [0.29, 0.717) is 12.3 Å². The lowest BCUT2D eigenvalue weighted by molar-refractivity contribution is 0.927. The average Bonchev–Trinajstić information content (AvgIpc) is 3.26. The normalized spacial score (nSPS) is 11.1. The van der Waals surface area contributed by atoms with E-state index in [0.717, 1.165) is 39.4 Å². The van der Waals surface area contributed by atoms with Crippen LogP contribution in [-0.2, 0) is 6.54 Å². The highest BCUT2D eigenvalue weighted by Gasteiger charge is 2.11. The fourth-order valence-electron chi connectivity index (χ4n) is 3.49. The molecule has 0 fully saturated rings. The maximum Gasteiger partial charge on any atom is 0.254 e. The Morgan fingerprint density at radius 3 is 2.57 bits per heavy atom. The summed E-state index contributed by atoms with van der Waals surface area (Å²) in [5.74, 6) is 2.33. The molecule has 0 unspecified atom stereocenters. The van der Waals surface area contributed by atoms with E-state index in [2.05, 4.69) is 32.5 Å². The van der Waals surface area contributed by atoms with Crippen LogP contribution in [-0.4, -0.2) is 38.7 Å². The second-order valence-electron chi connectivity index (χ2n) is 7.27. The minimum Gasteiger partial charge on any atom is -0.366 e. The Morgan fingerprint density at radius 1 is 0.933 bits per heavy atom. The van der Waals surface area contributed by atoms with Gasteiger partial charge >= 0.3 is 0 Å². The molecule has 1 N–H and O–H groups in total. The van der Waals surface area contributed by atoms with Gasteiger partial charge in [-0.3, -0.25) is 0 Å². The molecule has 0 saturated carbocycles. The Labute approximate surface area is 174 Å². The maximum atomic E-state index is 4.75. The van der Waals surface area contributed by atoms with Gasteiger partial charge in [-0.05, 0) is 17.7 Å². The quantitative estimate of drug-likeness (QED) is 0.485. The van der Waals surface area contributed by atoms with Crippen molar-refractivity contribution in [2.45, 2.75) is 6.54 Å². The Balaban J connectivity index is 1.55. The van der Waals surface area contributed by atoms with Crippen LogP contribution in [0, 0.1) is 0 Å². The number of pyridine rings is 1. The summed E-state index contributed by atoms with van der Waals surface area (Å²) < 4.78 is 1.72. The van der Waals surface area contributed by atoms with E-state index in [-0.39, 0.29) is 0 Å². The SMILES string of the molecule is CN(C)c1cc(CNc2cc(-c3ccccc3)nc3ncnn23)c2ccccc2n1. The maximum absolute atomic E-state index is 4.75. The van der Waals surface area contributed by atoms with Crippen LogP contribution in [0.3, 0.4) is 0 Å². The van der Waals surface area contributed by atoms with E-state index < -0.39 is 0 Å². The van der Waals surface area contributed by atoms with Crippen molar-refractivity contribution in [2.24, 2.45) is 0 Å². The lowest BCUT2D eigenvalue weighted by Gasteiger charge is -2.16. The van der Waals surface area contributed by atoms with E-state index in [1.807, 2.05) is 73.6 Å². The number of anilines is 2. The summed E-state index contributed by atoms with van der Waals surface area (Å²) in [7, 11) is 4.00.